The van der Waals surface area contributed by atoms with Crippen LogP contribution in [-0.2, 0) is 10.0 Å². The maximum Gasteiger partial charge on any atom is 0.280 e. The zero-order valence-corrected chi connectivity index (χ0v) is 24.8. The fourth-order valence-electron chi connectivity index (χ4n) is 4.57. The fraction of sp³-hybridized carbons (Fsp3) is 0.276. The maximum atomic E-state index is 13.8. The number of carbonyl (C=O) groups excluding carboxylic acids is 1. The van der Waals surface area contributed by atoms with E-state index >= 15 is 0 Å². The quantitative estimate of drug-likeness (QED) is 0.196. The maximum absolute atomic E-state index is 13.8. The van der Waals surface area contributed by atoms with Crippen molar-refractivity contribution in [3.63, 3.8) is 0 Å². The van der Waals surface area contributed by atoms with Gasteiger partial charge in [-0.15, -0.1) is 0 Å². The van der Waals surface area contributed by atoms with Crippen molar-refractivity contribution in [2.45, 2.75) is 24.7 Å². The summed E-state index contributed by atoms with van der Waals surface area (Å²) >= 11 is 1.33. The molecule has 12 heteroatoms. The van der Waals surface area contributed by atoms with E-state index in [4.69, 9.17) is 14.2 Å². The Hall–Kier alpha value is -4.00. The van der Waals surface area contributed by atoms with Gasteiger partial charge >= 0.3 is 0 Å². The van der Waals surface area contributed by atoms with Crippen LogP contribution in [0.2, 0.25) is 0 Å². The number of aryl methyl sites for hydroxylation is 1. The van der Waals surface area contributed by atoms with E-state index in [1.807, 2.05) is 25.1 Å². The van der Waals surface area contributed by atoms with Crippen LogP contribution >= 0.6 is 11.3 Å². The average molecular weight is 595 g/mol. The van der Waals surface area contributed by atoms with Gasteiger partial charge in [0.05, 0.1) is 42.7 Å². The van der Waals surface area contributed by atoms with Gasteiger partial charge in [0.15, 0.2) is 11.5 Å². The number of anilines is 1. The minimum Gasteiger partial charge on any atom is -0.493 e. The highest BCUT2D eigenvalue weighted by Gasteiger charge is 2.28. The molecular formula is C29H30N4O6S2. The fourth-order valence-corrected chi connectivity index (χ4v) is 7.11. The number of amides is 1. The Morgan fingerprint density at radius 3 is 2.24 bits per heavy atom. The van der Waals surface area contributed by atoms with Gasteiger partial charge in [-0.25, -0.2) is 13.4 Å². The third-order valence-electron chi connectivity index (χ3n) is 6.72. The molecule has 41 heavy (non-hydrogen) atoms. The summed E-state index contributed by atoms with van der Waals surface area (Å²) in [6, 6.07) is 15.2. The second kappa shape index (κ2) is 11.9. The molecular weight excluding hydrogens is 564 g/mol. The Kier molecular flexibility index (Phi) is 8.25. The molecule has 1 saturated heterocycles. The van der Waals surface area contributed by atoms with Gasteiger partial charge in [0.2, 0.25) is 20.9 Å². The van der Waals surface area contributed by atoms with Crippen molar-refractivity contribution in [3.8, 4) is 17.2 Å². The first-order valence-corrected chi connectivity index (χ1v) is 15.2. The number of ether oxygens (including phenoxy) is 3. The van der Waals surface area contributed by atoms with Crippen LogP contribution in [-0.4, -0.2) is 64.2 Å². The molecule has 1 amide bonds. The standard InChI is InChI=1S/C29H30N4O6S2/c1-19-7-12-23-26(15-19)40-29(31-23)33(30-18-20-16-24(37-2)27(39-4)25(17-20)38-3)28(34)21-8-10-22(11-9-21)41(35,36)32-13-5-6-14-32/h7-12,15-18H,5-6,13-14H2,1-4H3/b30-18+. The molecule has 0 unspecified atom stereocenters. The van der Waals surface area contributed by atoms with E-state index in [0.717, 1.165) is 28.6 Å². The van der Waals surface area contributed by atoms with Crippen molar-refractivity contribution in [2.75, 3.05) is 39.4 Å². The molecule has 2 heterocycles. The second-order valence-electron chi connectivity index (χ2n) is 9.42. The van der Waals surface area contributed by atoms with Gasteiger partial charge in [-0.3, -0.25) is 4.79 Å². The van der Waals surface area contributed by atoms with Gasteiger partial charge in [0.1, 0.15) is 0 Å². The monoisotopic (exact) mass is 594 g/mol. The molecule has 5 rings (SSSR count). The third-order valence-corrected chi connectivity index (χ3v) is 9.63. The second-order valence-corrected chi connectivity index (χ2v) is 12.4. The SMILES string of the molecule is COc1cc(/C=N/N(C(=O)c2ccc(S(=O)(=O)N3CCCC3)cc2)c2nc3ccc(C)cc3s2)cc(OC)c1OC. The number of fused-ring (bicyclic) bond motifs is 1. The minimum atomic E-state index is -3.61. The van der Waals surface area contributed by atoms with Crippen molar-refractivity contribution in [2.24, 2.45) is 5.10 Å². The van der Waals surface area contributed by atoms with Gasteiger partial charge in [0, 0.05) is 24.2 Å². The number of benzene rings is 3. The largest absolute Gasteiger partial charge is 0.493 e. The summed E-state index contributed by atoms with van der Waals surface area (Å²) in [5.41, 5.74) is 2.67. The molecule has 1 aliphatic heterocycles. The van der Waals surface area contributed by atoms with Crippen LogP contribution in [0.1, 0.15) is 34.3 Å². The summed E-state index contributed by atoms with van der Waals surface area (Å²) in [5.74, 6) is 0.855. The summed E-state index contributed by atoms with van der Waals surface area (Å²) in [7, 11) is 0.950. The topological polar surface area (TPSA) is 111 Å². The van der Waals surface area contributed by atoms with Crippen LogP contribution in [0.3, 0.4) is 0 Å². The molecule has 1 aliphatic rings. The lowest BCUT2D eigenvalue weighted by Gasteiger charge is -2.17. The summed E-state index contributed by atoms with van der Waals surface area (Å²) in [6.45, 7) is 3.00. The lowest BCUT2D eigenvalue weighted by atomic mass is 10.2. The van der Waals surface area contributed by atoms with Crippen molar-refractivity contribution in [3.05, 3.63) is 71.3 Å². The molecule has 0 bridgehead atoms. The molecule has 10 nitrogen and oxygen atoms in total. The number of hydrogen-bond acceptors (Lipinski definition) is 9. The Labute approximate surface area is 242 Å². The van der Waals surface area contributed by atoms with E-state index in [9.17, 15) is 13.2 Å². The molecule has 1 fully saturated rings. The predicted molar refractivity (Wildman–Crippen MR) is 159 cm³/mol. The molecule has 0 N–H and O–H groups in total. The van der Waals surface area contributed by atoms with E-state index in [0.29, 0.717) is 41.0 Å². The normalized spacial score (nSPS) is 14.0. The van der Waals surface area contributed by atoms with E-state index in [-0.39, 0.29) is 10.5 Å². The number of sulfonamides is 1. The zero-order chi connectivity index (χ0) is 29.1. The summed E-state index contributed by atoms with van der Waals surface area (Å²) in [6.07, 6.45) is 3.19. The molecule has 0 radical (unpaired) electrons. The van der Waals surface area contributed by atoms with Crippen molar-refractivity contribution < 1.29 is 27.4 Å². The van der Waals surface area contributed by atoms with Gasteiger partial charge in [-0.2, -0.15) is 14.4 Å². The van der Waals surface area contributed by atoms with Crippen LogP contribution < -0.4 is 19.2 Å². The number of aromatic nitrogens is 1. The van der Waals surface area contributed by atoms with Crippen LogP contribution in [0.4, 0.5) is 5.13 Å². The molecule has 1 aromatic heterocycles. The van der Waals surface area contributed by atoms with E-state index < -0.39 is 15.9 Å². The van der Waals surface area contributed by atoms with Gasteiger partial charge in [0.25, 0.3) is 5.91 Å². The molecule has 214 valence electrons. The highest BCUT2D eigenvalue weighted by Crippen LogP contribution is 2.38. The predicted octanol–water partition coefficient (Wildman–Crippen LogP) is 5.10. The molecule has 0 atom stereocenters. The summed E-state index contributed by atoms with van der Waals surface area (Å²) in [5, 5.41) is 6.11. The van der Waals surface area contributed by atoms with Crippen LogP contribution in [0.5, 0.6) is 17.2 Å². The number of methoxy groups -OCH3 is 3. The Balaban J connectivity index is 1.52. The number of nitrogens with zero attached hydrogens (tertiary/aromatic N) is 4. The van der Waals surface area contributed by atoms with E-state index in [1.165, 1.54) is 72.5 Å². The lowest BCUT2D eigenvalue weighted by molar-refractivity contribution is 0.0987. The Morgan fingerprint density at radius 1 is 0.976 bits per heavy atom. The van der Waals surface area contributed by atoms with Crippen LogP contribution in [0, 0.1) is 6.92 Å². The van der Waals surface area contributed by atoms with Crippen molar-refractivity contribution in [1.82, 2.24) is 9.29 Å². The van der Waals surface area contributed by atoms with E-state index in [2.05, 4.69) is 10.1 Å². The van der Waals surface area contributed by atoms with Crippen molar-refractivity contribution >= 4 is 48.8 Å². The Morgan fingerprint density at radius 2 is 1.63 bits per heavy atom. The van der Waals surface area contributed by atoms with Gasteiger partial charge in [-0.05, 0) is 73.9 Å². The molecule has 4 aromatic rings. The van der Waals surface area contributed by atoms with Crippen LogP contribution in [0.25, 0.3) is 10.2 Å². The van der Waals surface area contributed by atoms with Crippen molar-refractivity contribution in [1.29, 1.82) is 0 Å². The van der Waals surface area contributed by atoms with Gasteiger partial charge < -0.3 is 14.2 Å². The van der Waals surface area contributed by atoms with Gasteiger partial charge in [-0.1, -0.05) is 17.4 Å². The minimum absolute atomic E-state index is 0.152. The lowest BCUT2D eigenvalue weighted by Crippen LogP contribution is -2.28. The number of hydrazone groups is 1. The highest BCUT2D eigenvalue weighted by atomic mass is 32.2. The van der Waals surface area contributed by atoms with Crippen LogP contribution in [0.15, 0.2) is 64.6 Å². The first-order chi connectivity index (χ1) is 19.7. The molecule has 3 aromatic carbocycles. The van der Waals surface area contributed by atoms with E-state index in [1.54, 1.807) is 12.1 Å². The first-order valence-electron chi connectivity index (χ1n) is 12.9. The zero-order valence-electron chi connectivity index (χ0n) is 23.2. The number of thiazole rings is 1. The summed E-state index contributed by atoms with van der Waals surface area (Å²) < 4.78 is 44.6. The Bertz CT molecular complexity index is 1690. The number of rotatable bonds is 9. The third kappa shape index (κ3) is 5.76. The smallest absolute Gasteiger partial charge is 0.280 e. The molecule has 0 aliphatic carbocycles. The average Bonchev–Trinajstić information content (AvgIpc) is 3.67. The summed E-state index contributed by atoms with van der Waals surface area (Å²) in [4.78, 5) is 18.6. The highest BCUT2D eigenvalue weighted by molar-refractivity contribution is 7.89. The first kappa shape index (κ1) is 28.5. The molecule has 0 spiro atoms. The number of carbonyl (C=O) groups is 1. The molecule has 0 saturated carbocycles. The number of hydrogen-bond donors (Lipinski definition) is 0.